The minimum atomic E-state index is -0.446. The lowest BCUT2D eigenvalue weighted by atomic mass is 10.0. The average molecular weight is 269 g/mol. The van der Waals surface area contributed by atoms with E-state index in [1.54, 1.807) is 6.92 Å². The Balaban J connectivity index is 2.16. The monoisotopic (exact) mass is 269 g/mol. The van der Waals surface area contributed by atoms with Crippen LogP contribution in [0.25, 0.3) is 0 Å². The van der Waals surface area contributed by atoms with Crippen molar-refractivity contribution in [1.29, 1.82) is 0 Å². The van der Waals surface area contributed by atoms with Crippen molar-refractivity contribution in [1.82, 2.24) is 16.0 Å². The Kier molecular flexibility index (Phi) is 7.48. The van der Waals surface area contributed by atoms with Crippen molar-refractivity contribution >= 4 is 11.8 Å². The highest BCUT2D eigenvalue weighted by Gasteiger charge is 2.17. The fourth-order valence-electron chi connectivity index (χ4n) is 2.26. The predicted octanol–water partition coefficient (Wildman–Crippen LogP) is 0.940. The summed E-state index contributed by atoms with van der Waals surface area (Å²) in [4.78, 5) is 23.4. The highest BCUT2D eigenvalue weighted by atomic mass is 16.2. The SMILES string of the molecule is CCCNC(=O)C(C)NC(=O)CCC1CCCCN1. The molecule has 0 spiro atoms. The lowest BCUT2D eigenvalue weighted by molar-refractivity contribution is -0.128. The highest BCUT2D eigenvalue weighted by Crippen LogP contribution is 2.11. The molecule has 1 saturated heterocycles. The van der Waals surface area contributed by atoms with E-state index < -0.39 is 6.04 Å². The van der Waals surface area contributed by atoms with Gasteiger partial charge < -0.3 is 16.0 Å². The maximum absolute atomic E-state index is 11.8. The van der Waals surface area contributed by atoms with Crippen LogP contribution < -0.4 is 16.0 Å². The molecular weight excluding hydrogens is 242 g/mol. The molecule has 1 aliphatic rings. The molecule has 2 unspecified atom stereocenters. The van der Waals surface area contributed by atoms with Crippen LogP contribution in [-0.4, -0.2) is 37.0 Å². The summed E-state index contributed by atoms with van der Waals surface area (Å²) in [6, 6.07) is 0.0158. The van der Waals surface area contributed by atoms with Crippen molar-refractivity contribution in [3.63, 3.8) is 0 Å². The van der Waals surface area contributed by atoms with E-state index in [0.717, 1.165) is 25.8 Å². The summed E-state index contributed by atoms with van der Waals surface area (Å²) in [7, 11) is 0. The minimum absolute atomic E-state index is 0.0356. The van der Waals surface area contributed by atoms with Crippen LogP contribution in [-0.2, 0) is 9.59 Å². The van der Waals surface area contributed by atoms with Crippen LogP contribution in [0.5, 0.6) is 0 Å². The third kappa shape index (κ3) is 6.57. The van der Waals surface area contributed by atoms with Crippen molar-refractivity contribution in [3.05, 3.63) is 0 Å². The molecule has 0 aromatic carbocycles. The number of hydrogen-bond donors (Lipinski definition) is 3. The first-order valence-electron chi connectivity index (χ1n) is 7.44. The molecule has 2 atom stereocenters. The van der Waals surface area contributed by atoms with Crippen LogP contribution in [0.2, 0.25) is 0 Å². The van der Waals surface area contributed by atoms with Gasteiger partial charge in [0, 0.05) is 19.0 Å². The summed E-state index contributed by atoms with van der Waals surface area (Å²) in [5, 5.41) is 8.95. The first-order valence-corrected chi connectivity index (χ1v) is 7.44. The standard InChI is InChI=1S/C14H27N3O2/c1-3-9-16-14(19)11(2)17-13(18)8-7-12-6-4-5-10-15-12/h11-12,15H,3-10H2,1-2H3,(H,16,19)(H,17,18). The number of piperidine rings is 1. The summed E-state index contributed by atoms with van der Waals surface area (Å²) in [6.45, 7) is 5.44. The van der Waals surface area contributed by atoms with E-state index in [9.17, 15) is 9.59 Å². The first-order chi connectivity index (χ1) is 9.13. The van der Waals surface area contributed by atoms with Gasteiger partial charge in [0.2, 0.25) is 11.8 Å². The molecule has 2 amide bonds. The quantitative estimate of drug-likeness (QED) is 0.644. The van der Waals surface area contributed by atoms with Crippen molar-refractivity contribution < 1.29 is 9.59 Å². The van der Waals surface area contributed by atoms with E-state index in [4.69, 9.17) is 0 Å². The van der Waals surface area contributed by atoms with Crippen molar-refractivity contribution in [2.75, 3.05) is 13.1 Å². The Labute approximate surface area is 115 Å². The second-order valence-electron chi connectivity index (χ2n) is 5.27. The molecule has 1 rings (SSSR count). The molecule has 110 valence electrons. The molecule has 0 saturated carbocycles. The number of amides is 2. The van der Waals surface area contributed by atoms with Crippen LogP contribution in [0, 0.1) is 0 Å². The maximum Gasteiger partial charge on any atom is 0.242 e. The number of carbonyl (C=O) groups excluding carboxylic acids is 2. The van der Waals surface area contributed by atoms with Crippen LogP contribution >= 0.6 is 0 Å². The van der Waals surface area contributed by atoms with Crippen molar-refractivity contribution in [2.24, 2.45) is 0 Å². The van der Waals surface area contributed by atoms with Gasteiger partial charge in [-0.1, -0.05) is 13.3 Å². The van der Waals surface area contributed by atoms with Crippen molar-refractivity contribution in [2.45, 2.75) is 64.5 Å². The van der Waals surface area contributed by atoms with Gasteiger partial charge >= 0.3 is 0 Å². The molecule has 1 heterocycles. The van der Waals surface area contributed by atoms with Crippen LogP contribution in [0.3, 0.4) is 0 Å². The lowest BCUT2D eigenvalue weighted by Gasteiger charge is -2.23. The Morgan fingerprint density at radius 2 is 2.16 bits per heavy atom. The second kappa shape index (κ2) is 8.91. The second-order valence-corrected chi connectivity index (χ2v) is 5.27. The summed E-state index contributed by atoms with van der Waals surface area (Å²) >= 11 is 0. The Morgan fingerprint density at radius 1 is 1.37 bits per heavy atom. The Bertz CT molecular complexity index is 288. The van der Waals surface area contributed by atoms with E-state index in [1.165, 1.54) is 12.8 Å². The molecule has 19 heavy (non-hydrogen) atoms. The van der Waals surface area contributed by atoms with E-state index in [1.807, 2.05) is 6.92 Å². The number of rotatable bonds is 7. The van der Waals surface area contributed by atoms with Gasteiger partial charge in [-0.2, -0.15) is 0 Å². The van der Waals surface area contributed by atoms with Crippen molar-refractivity contribution in [3.8, 4) is 0 Å². The molecule has 0 aromatic rings. The van der Waals surface area contributed by atoms with E-state index in [-0.39, 0.29) is 11.8 Å². The zero-order valence-electron chi connectivity index (χ0n) is 12.1. The zero-order chi connectivity index (χ0) is 14.1. The van der Waals surface area contributed by atoms with Crippen LogP contribution in [0.4, 0.5) is 0 Å². The molecule has 5 nitrogen and oxygen atoms in total. The van der Waals surface area contributed by atoms with Gasteiger partial charge in [0.15, 0.2) is 0 Å². The molecule has 5 heteroatoms. The number of carbonyl (C=O) groups is 2. The summed E-state index contributed by atoms with van der Waals surface area (Å²) in [5.41, 5.74) is 0. The molecule has 0 radical (unpaired) electrons. The molecule has 0 bridgehead atoms. The fraction of sp³-hybridized carbons (Fsp3) is 0.857. The van der Waals surface area contributed by atoms with Gasteiger partial charge in [-0.25, -0.2) is 0 Å². The third-order valence-corrected chi connectivity index (χ3v) is 3.45. The lowest BCUT2D eigenvalue weighted by Crippen LogP contribution is -2.45. The average Bonchev–Trinajstić information content (AvgIpc) is 2.43. The van der Waals surface area contributed by atoms with E-state index in [2.05, 4.69) is 16.0 Å². The first kappa shape index (κ1) is 16.0. The highest BCUT2D eigenvalue weighted by molar-refractivity contribution is 5.87. The van der Waals surface area contributed by atoms with Gasteiger partial charge in [-0.05, 0) is 39.2 Å². The predicted molar refractivity (Wildman–Crippen MR) is 75.8 cm³/mol. The molecule has 3 N–H and O–H groups in total. The Morgan fingerprint density at radius 3 is 2.79 bits per heavy atom. The van der Waals surface area contributed by atoms with Gasteiger partial charge in [0.05, 0.1) is 0 Å². The maximum atomic E-state index is 11.8. The van der Waals surface area contributed by atoms with Gasteiger partial charge in [-0.3, -0.25) is 9.59 Å². The summed E-state index contributed by atoms with van der Waals surface area (Å²) < 4.78 is 0. The van der Waals surface area contributed by atoms with Crippen LogP contribution in [0.1, 0.15) is 52.4 Å². The third-order valence-electron chi connectivity index (χ3n) is 3.45. The molecule has 0 aliphatic carbocycles. The topological polar surface area (TPSA) is 70.2 Å². The number of nitrogens with one attached hydrogen (secondary N) is 3. The zero-order valence-corrected chi connectivity index (χ0v) is 12.1. The van der Waals surface area contributed by atoms with Gasteiger partial charge in [0.25, 0.3) is 0 Å². The van der Waals surface area contributed by atoms with Gasteiger partial charge in [0.1, 0.15) is 6.04 Å². The molecule has 1 fully saturated rings. The minimum Gasteiger partial charge on any atom is -0.354 e. The van der Waals surface area contributed by atoms with E-state index >= 15 is 0 Å². The molecule has 1 aliphatic heterocycles. The fourth-order valence-corrected chi connectivity index (χ4v) is 2.26. The molecule has 0 aromatic heterocycles. The smallest absolute Gasteiger partial charge is 0.242 e. The number of hydrogen-bond acceptors (Lipinski definition) is 3. The normalized spacial score (nSPS) is 20.6. The van der Waals surface area contributed by atoms with E-state index in [0.29, 0.717) is 19.0 Å². The van der Waals surface area contributed by atoms with Crippen LogP contribution in [0.15, 0.2) is 0 Å². The van der Waals surface area contributed by atoms with Gasteiger partial charge in [-0.15, -0.1) is 0 Å². The molecular formula is C14H27N3O2. The largest absolute Gasteiger partial charge is 0.354 e. The summed E-state index contributed by atoms with van der Waals surface area (Å²) in [6.07, 6.45) is 5.88. The summed E-state index contributed by atoms with van der Waals surface area (Å²) in [5.74, 6) is -0.141. The Hall–Kier alpha value is -1.10.